The predicted molar refractivity (Wildman–Crippen MR) is 98.3 cm³/mol. The van der Waals surface area contributed by atoms with E-state index in [9.17, 15) is 0 Å². The van der Waals surface area contributed by atoms with Crippen LogP contribution >= 0.6 is 11.6 Å². The monoisotopic (exact) mass is 342 g/mol. The van der Waals surface area contributed by atoms with Gasteiger partial charge in [-0.25, -0.2) is 0 Å². The highest BCUT2D eigenvalue weighted by Crippen LogP contribution is 2.21. The van der Waals surface area contributed by atoms with Gasteiger partial charge in [0.25, 0.3) is 0 Å². The van der Waals surface area contributed by atoms with Crippen molar-refractivity contribution in [2.45, 2.75) is 47.1 Å². The number of alkyl halides is 1. The Balaban J connectivity index is 3.13. The lowest BCUT2D eigenvalue weighted by Crippen LogP contribution is -2.56. The van der Waals surface area contributed by atoms with Crippen molar-refractivity contribution in [3.63, 3.8) is 0 Å². The summed E-state index contributed by atoms with van der Waals surface area (Å²) in [5.41, 5.74) is 1.26. The number of hydrogen-bond donors (Lipinski definition) is 0. The molecule has 0 radical (unpaired) electrons. The van der Waals surface area contributed by atoms with Crippen molar-refractivity contribution in [3.05, 3.63) is 29.8 Å². The molecule has 2 nitrogen and oxygen atoms in total. The third-order valence-corrected chi connectivity index (χ3v) is 7.42. The zero-order valence-electron chi connectivity index (χ0n) is 14.7. The summed E-state index contributed by atoms with van der Waals surface area (Å²) in [5, 5.41) is 1.27. The molecule has 0 heterocycles. The molecule has 0 amide bonds. The Bertz CT molecular complexity index is 423. The Labute approximate surface area is 142 Å². The molecule has 0 saturated carbocycles. The largest absolute Gasteiger partial charge is 0.391 e. The molecule has 0 spiro atoms. The fourth-order valence-corrected chi connectivity index (χ4v) is 6.57. The Morgan fingerprint density at radius 2 is 1.55 bits per heavy atom. The summed E-state index contributed by atoms with van der Waals surface area (Å²) in [5.74, 6) is 1.64. The summed E-state index contributed by atoms with van der Waals surface area (Å²) >= 11 is 5.97. The molecular weight excluding hydrogens is 312 g/mol. The molecule has 1 aromatic carbocycles. The van der Waals surface area contributed by atoms with Crippen molar-refractivity contribution in [3.8, 4) is 0 Å². The second kappa shape index (κ2) is 9.71. The first-order valence-electron chi connectivity index (χ1n) is 8.31. The highest BCUT2D eigenvalue weighted by atomic mass is 35.5. The van der Waals surface area contributed by atoms with Crippen LogP contribution in [0.5, 0.6) is 0 Å². The second-order valence-electron chi connectivity index (χ2n) is 6.77. The molecule has 0 N–H and O–H groups in total. The minimum absolute atomic E-state index is 0.495. The summed E-state index contributed by atoms with van der Waals surface area (Å²) in [6, 6.07) is 9.40. The van der Waals surface area contributed by atoms with Gasteiger partial charge < -0.3 is 8.85 Å². The predicted octanol–water partition coefficient (Wildman–Crippen LogP) is 4.62. The van der Waals surface area contributed by atoms with E-state index in [0.717, 1.165) is 25.7 Å². The van der Waals surface area contributed by atoms with Gasteiger partial charge in [0.15, 0.2) is 0 Å². The average molecular weight is 343 g/mol. The van der Waals surface area contributed by atoms with E-state index in [1.54, 1.807) is 0 Å². The van der Waals surface area contributed by atoms with Crippen LogP contribution in [0.15, 0.2) is 24.3 Å². The fraction of sp³-hybridized carbons (Fsp3) is 0.667. The maximum absolute atomic E-state index is 6.47. The molecule has 0 fully saturated rings. The van der Waals surface area contributed by atoms with E-state index >= 15 is 0 Å². The first-order chi connectivity index (χ1) is 10.4. The van der Waals surface area contributed by atoms with Gasteiger partial charge in [-0.05, 0) is 42.0 Å². The number of benzene rings is 1. The van der Waals surface area contributed by atoms with E-state index in [2.05, 4.69) is 58.9 Å². The Morgan fingerprint density at radius 3 is 2.00 bits per heavy atom. The van der Waals surface area contributed by atoms with Gasteiger partial charge in [-0.1, -0.05) is 52.0 Å². The molecular formula is C18H31ClO2Si. The number of halogens is 1. The van der Waals surface area contributed by atoms with Crippen LogP contribution in [-0.2, 0) is 8.85 Å². The summed E-state index contributed by atoms with van der Waals surface area (Å²) in [6.45, 7) is 12.3. The van der Waals surface area contributed by atoms with Gasteiger partial charge >= 0.3 is 8.56 Å². The summed E-state index contributed by atoms with van der Waals surface area (Å²) < 4.78 is 12.9. The molecule has 0 bridgehead atoms. The van der Waals surface area contributed by atoms with Gasteiger partial charge in [-0.3, -0.25) is 0 Å². The normalized spacial score (nSPS) is 12.4. The minimum atomic E-state index is -2.45. The van der Waals surface area contributed by atoms with Crippen LogP contribution in [0.4, 0.5) is 0 Å². The van der Waals surface area contributed by atoms with Crippen LogP contribution in [0.3, 0.4) is 0 Å². The SMILES string of the molecule is Cc1ccccc1[Si](CCCCl)(OCC(C)C)OCC(C)C. The van der Waals surface area contributed by atoms with Gasteiger partial charge in [0, 0.05) is 19.1 Å². The quantitative estimate of drug-likeness (QED) is 0.456. The van der Waals surface area contributed by atoms with E-state index < -0.39 is 8.56 Å². The van der Waals surface area contributed by atoms with Crippen molar-refractivity contribution in [2.75, 3.05) is 19.1 Å². The molecule has 0 aliphatic rings. The van der Waals surface area contributed by atoms with Crippen LogP contribution in [0.25, 0.3) is 0 Å². The van der Waals surface area contributed by atoms with E-state index in [1.165, 1.54) is 10.8 Å². The van der Waals surface area contributed by atoms with Crippen LogP contribution in [0, 0.1) is 18.8 Å². The van der Waals surface area contributed by atoms with Crippen molar-refractivity contribution in [1.29, 1.82) is 0 Å². The van der Waals surface area contributed by atoms with Crippen molar-refractivity contribution < 1.29 is 8.85 Å². The zero-order chi connectivity index (χ0) is 16.6. The highest BCUT2D eigenvalue weighted by molar-refractivity contribution is 6.81. The van der Waals surface area contributed by atoms with E-state index in [1.807, 2.05) is 0 Å². The Morgan fingerprint density at radius 1 is 1.00 bits per heavy atom. The molecule has 0 aliphatic carbocycles. The first-order valence-corrected chi connectivity index (χ1v) is 10.9. The topological polar surface area (TPSA) is 18.5 Å². The van der Waals surface area contributed by atoms with E-state index in [0.29, 0.717) is 17.7 Å². The van der Waals surface area contributed by atoms with Gasteiger partial charge in [0.1, 0.15) is 0 Å². The summed E-state index contributed by atoms with van der Waals surface area (Å²) in [6.07, 6.45) is 0.929. The lowest BCUT2D eigenvalue weighted by atomic mass is 10.2. The first kappa shape index (κ1) is 19.7. The third kappa shape index (κ3) is 6.03. The lowest BCUT2D eigenvalue weighted by Gasteiger charge is -2.33. The summed E-state index contributed by atoms with van der Waals surface area (Å²) in [4.78, 5) is 0. The van der Waals surface area contributed by atoms with Crippen LogP contribution < -0.4 is 5.19 Å². The van der Waals surface area contributed by atoms with Gasteiger partial charge in [-0.15, -0.1) is 11.6 Å². The standard InChI is InChI=1S/C18H31ClO2Si/c1-15(2)13-20-22(12-8-11-19,21-14-16(3)4)18-10-7-6-9-17(18)5/h6-7,9-10,15-16H,8,11-14H2,1-5H3. The highest BCUT2D eigenvalue weighted by Gasteiger charge is 2.41. The van der Waals surface area contributed by atoms with Crippen LogP contribution in [0.1, 0.15) is 39.7 Å². The number of aryl methyl sites for hydroxylation is 1. The molecule has 1 rings (SSSR count). The molecule has 0 aromatic heterocycles. The average Bonchev–Trinajstić information content (AvgIpc) is 2.47. The van der Waals surface area contributed by atoms with Gasteiger partial charge in [0.2, 0.25) is 0 Å². The van der Waals surface area contributed by atoms with E-state index in [-0.39, 0.29) is 0 Å². The number of hydrogen-bond acceptors (Lipinski definition) is 2. The molecule has 126 valence electrons. The molecule has 1 aromatic rings. The maximum atomic E-state index is 6.47. The fourth-order valence-electron chi connectivity index (χ4n) is 2.38. The van der Waals surface area contributed by atoms with Crippen molar-refractivity contribution in [2.24, 2.45) is 11.8 Å². The number of rotatable bonds is 10. The minimum Gasteiger partial charge on any atom is -0.391 e. The molecule has 0 unspecified atom stereocenters. The summed E-state index contributed by atoms with van der Waals surface area (Å²) in [7, 11) is -2.45. The molecule has 4 heteroatoms. The molecule has 22 heavy (non-hydrogen) atoms. The molecule has 0 atom stereocenters. The second-order valence-corrected chi connectivity index (χ2v) is 10.3. The van der Waals surface area contributed by atoms with Crippen molar-refractivity contribution in [1.82, 2.24) is 0 Å². The maximum Gasteiger partial charge on any atom is 0.372 e. The lowest BCUT2D eigenvalue weighted by molar-refractivity contribution is 0.148. The third-order valence-electron chi connectivity index (χ3n) is 3.49. The van der Waals surface area contributed by atoms with Gasteiger partial charge in [0.05, 0.1) is 0 Å². The smallest absolute Gasteiger partial charge is 0.372 e. The van der Waals surface area contributed by atoms with Crippen LogP contribution in [-0.4, -0.2) is 27.7 Å². The van der Waals surface area contributed by atoms with Crippen molar-refractivity contribution >= 4 is 25.3 Å². The Kier molecular flexibility index (Phi) is 8.69. The van der Waals surface area contributed by atoms with Crippen LogP contribution in [0.2, 0.25) is 6.04 Å². The van der Waals surface area contributed by atoms with Gasteiger partial charge in [-0.2, -0.15) is 0 Å². The molecule has 0 saturated heterocycles. The Hall–Kier alpha value is -0.353. The van der Waals surface area contributed by atoms with E-state index in [4.69, 9.17) is 20.5 Å². The zero-order valence-corrected chi connectivity index (χ0v) is 16.5. The molecule has 0 aliphatic heterocycles.